The number of hydrogen-bond acceptors (Lipinski definition) is 5. The quantitative estimate of drug-likeness (QED) is 0.628. The maximum absolute atomic E-state index is 12.1. The largest absolute Gasteiger partial charge is 0.454 e. The van der Waals surface area contributed by atoms with Crippen LogP contribution in [-0.2, 0) is 20.9 Å². The fourth-order valence-electron chi connectivity index (χ4n) is 2.58. The summed E-state index contributed by atoms with van der Waals surface area (Å²) < 4.78 is 15.7. The van der Waals surface area contributed by atoms with Crippen LogP contribution in [0.15, 0.2) is 48.5 Å². The summed E-state index contributed by atoms with van der Waals surface area (Å²) in [7, 11) is 0. The molecule has 6 heteroatoms. The molecule has 0 saturated heterocycles. The molecule has 1 aliphatic heterocycles. The minimum absolute atomic E-state index is 0.203. The van der Waals surface area contributed by atoms with Gasteiger partial charge in [-0.2, -0.15) is 0 Å². The van der Waals surface area contributed by atoms with Crippen molar-refractivity contribution in [1.82, 2.24) is 5.32 Å². The predicted octanol–water partition coefficient (Wildman–Crippen LogP) is 2.99. The van der Waals surface area contributed by atoms with Crippen molar-refractivity contribution in [3.05, 3.63) is 65.2 Å². The highest BCUT2D eigenvalue weighted by atomic mass is 16.7. The number of esters is 1. The molecule has 1 aliphatic rings. The van der Waals surface area contributed by atoms with Crippen molar-refractivity contribution >= 4 is 18.0 Å². The van der Waals surface area contributed by atoms with Gasteiger partial charge in [-0.3, -0.25) is 4.79 Å². The van der Waals surface area contributed by atoms with Crippen LogP contribution in [0, 0.1) is 6.92 Å². The SMILES string of the molecule is Cc1ccccc1/C=C/C(=O)O[C@@H](C)C(=O)NCc1ccc2c(c1)OCO2. The Balaban J connectivity index is 1.48. The van der Waals surface area contributed by atoms with Crippen LogP contribution >= 0.6 is 0 Å². The van der Waals surface area contributed by atoms with Gasteiger partial charge in [0.05, 0.1) is 0 Å². The lowest BCUT2D eigenvalue weighted by Crippen LogP contribution is -2.35. The van der Waals surface area contributed by atoms with E-state index < -0.39 is 12.1 Å². The summed E-state index contributed by atoms with van der Waals surface area (Å²) in [6.07, 6.45) is 2.10. The molecule has 0 radical (unpaired) electrons. The monoisotopic (exact) mass is 367 g/mol. The Morgan fingerprint density at radius 1 is 1.19 bits per heavy atom. The second-order valence-electron chi connectivity index (χ2n) is 6.17. The Hall–Kier alpha value is -3.28. The molecule has 0 aromatic heterocycles. The second-order valence-corrected chi connectivity index (χ2v) is 6.17. The number of ether oxygens (including phenoxy) is 3. The number of carbonyl (C=O) groups is 2. The van der Waals surface area contributed by atoms with E-state index >= 15 is 0 Å². The number of amides is 1. The van der Waals surface area contributed by atoms with E-state index in [2.05, 4.69) is 5.32 Å². The minimum atomic E-state index is -0.895. The van der Waals surface area contributed by atoms with Crippen LogP contribution in [0.4, 0.5) is 0 Å². The van der Waals surface area contributed by atoms with Gasteiger partial charge in [-0.25, -0.2) is 4.79 Å². The van der Waals surface area contributed by atoms with Crippen LogP contribution in [0.5, 0.6) is 11.5 Å². The van der Waals surface area contributed by atoms with Gasteiger partial charge in [0.15, 0.2) is 17.6 Å². The molecule has 6 nitrogen and oxygen atoms in total. The summed E-state index contributed by atoms with van der Waals surface area (Å²) in [6, 6.07) is 13.1. The molecule has 2 aromatic rings. The maximum atomic E-state index is 12.1. The lowest BCUT2D eigenvalue weighted by Gasteiger charge is -2.12. The van der Waals surface area contributed by atoms with Gasteiger partial charge < -0.3 is 19.5 Å². The summed E-state index contributed by atoms with van der Waals surface area (Å²) >= 11 is 0. The normalized spacial score (nSPS) is 13.4. The Bertz CT molecular complexity index is 875. The van der Waals surface area contributed by atoms with Gasteiger partial charge in [-0.05, 0) is 48.7 Å². The molecule has 0 saturated carbocycles. The van der Waals surface area contributed by atoms with E-state index in [0.29, 0.717) is 18.0 Å². The highest BCUT2D eigenvalue weighted by molar-refractivity contribution is 5.90. The number of fused-ring (bicyclic) bond motifs is 1. The van der Waals surface area contributed by atoms with E-state index in [1.165, 1.54) is 13.0 Å². The smallest absolute Gasteiger partial charge is 0.331 e. The van der Waals surface area contributed by atoms with E-state index in [1.54, 1.807) is 12.1 Å². The number of aryl methyl sites for hydroxylation is 1. The van der Waals surface area contributed by atoms with Gasteiger partial charge in [-0.1, -0.05) is 30.3 Å². The standard InChI is InChI=1S/C21H21NO5/c1-14-5-3-4-6-17(14)8-10-20(23)27-15(2)21(24)22-12-16-7-9-18-19(11-16)26-13-25-18/h3-11,15H,12-13H2,1-2H3,(H,22,24)/b10-8+/t15-/m0/s1. The van der Waals surface area contributed by atoms with Crippen LogP contribution in [0.25, 0.3) is 6.08 Å². The van der Waals surface area contributed by atoms with Crippen LogP contribution in [0.1, 0.15) is 23.6 Å². The van der Waals surface area contributed by atoms with E-state index in [0.717, 1.165) is 16.7 Å². The predicted molar refractivity (Wildman–Crippen MR) is 100 cm³/mol. The first-order valence-electron chi connectivity index (χ1n) is 8.63. The summed E-state index contributed by atoms with van der Waals surface area (Å²) in [6.45, 7) is 4.00. The Morgan fingerprint density at radius 3 is 2.78 bits per heavy atom. The van der Waals surface area contributed by atoms with Crippen molar-refractivity contribution in [3.8, 4) is 11.5 Å². The highest BCUT2D eigenvalue weighted by Crippen LogP contribution is 2.32. The average molecular weight is 367 g/mol. The highest BCUT2D eigenvalue weighted by Gasteiger charge is 2.17. The molecule has 0 unspecified atom stereocenters. The molecule has 0 aliphatic carbocycles. The number of benzene rings is 2. The van der Waals surface area contributed by atoms with Crippen molar-refractivity contribution in [3.63, 3.8) is 0 Å². The van der Waals surface area contributed by atoms with E-state index in [9.17, 15) is 9.59 Å². The summed E-state index contributed by atoms with van der Waals surface area (Å²) in [4.78, 5) is 24.1. The molecule has 27 heavy (non-hydrogen) atoms. The van der Waals surface area contributed by atoms with Gasteiger partial charge in [0, 0.05) is 12.6 Å². The Morgan fingerprint density at radius 2 is 1.96 bits per heavy atom. The zero-order valence-electron chi connectivity index (χ0n) is 15.2. The van der Waals surface area contributed by atoms with Crippen molar-refractivity contribution in [1.29, 1.82) is 0 Å². The maximum Gasteiger partial charge on any atom is 0.331 e. The molecule has 140 valence electrons. The van der Waals surface area contributed by atoms with Gasteiger partial charge in [-0.15, -0.1) is 0 Å². The zero-order valence-corrected chi connectivity index (χ0v) is 15.2. The number of hydrogen-bond donors (Lipinski definition) is 1. The third kappa shape index (κ3) is 4.88. The lowest BCUT2D eigenvalue weighted by molar-refractivity contribution is -0.150. The average Bonchev–Trinajstić information content (AvgIpc) is 3.13. The summed E-state index contributed by atoms with van der Waals surface area (Å²) in [5, 5.41) is 2.74. The molecule has 0 fully saturated rings. The first-order chi connectivity index (χ1) is 13.0. The van der Waals surface area contributed by atoms with Gasteiger partial charge >= 0.3 is 5.97 Å². The molecule has 0 spiro atoms. The van der Waals surface area contributed by atoms with Crippen LogP contribution in [0.2, 0.25) is 0 Å². The molecule has 1 N–H and O–H groups in total. The van der Waals surface area contributed by atoms with Crippen molar-refractivity contribution in [2.24, 2.45) is 0 Å². The van der Waals surface area contributed by atoms with Crippen LogP contribution in [-0.4, -0.2) is 24.8 Å². The van der Waals surface area contributed by atoms with Crippen molar-refractivity contribution in [2.75, 3.05) is 6.79 Å². The molecule has 1 amide bonds. The molecule has 2 aromatic carbocycles. The molecular weight excluding hydrogens is 346 g/mol. The molecule has 3 rings (SSSR count). The molecule has 0 bridgehead atoms. The number of nitrogens with one attached hydrogen (secondary N) is 1. The van der Waals surface area contributed by atoms with Gasteiger partial charge in [0.25, 0.3) is 5.91 Å². The second kappa shape index (κ2) is 8.40. The first-order valence-corrected chi connectivity index (χ1v) is 8.63. The fourth-order valence-corrected chi connectivity index (χ4v) is 2.58. The third-order valence-electron chi connectivity index (χ3n) is 4.15. The van der Waals surface area contributed by atoms with E-state index in [4.69, 9.17) is 14.2 Å². The third-order valence-corrected chi connectivity index (χ3v) is 4.15. The van der Waals surface area contributed by atoms with Gasteiger partial charge in [0.2, 0.25) is 6.79 Å². The Kier molecular flexibility index (Phi) is 5.76. The number of rotatable bonds is 6. The fraction of sp³-hybridized carbons (Fsp3) is 0.238. The van der Waals surface area contributed by atoms with Gasteiger partial charge in [0.1, 0.15) is 0 Å². The van der Waals surface area contributed by atoms with Crippen molar-refractivity contribution in [2.45, 2.75) is 26.5 Å². The van der Waals surface area contributed by atoms with Crippen LogP contribution in [0.3, 0.4) is 0 Å². The summed E-state index contributed by atoms with van der Waals surface area (Å²) in [5.74, 6) is 0.407. The number of carbonyl (C=O) groups excluding carboxylic acids is 2. The topological polar surface area (TPSA) is 73.9 Å². The van der Waals surface area contributed by atoms with E-state index in [-0.39, 0.29) is 12.7 Å². The molecular formula is C21H21NO5. The van der Waals surface area contributed by atoms with Crippen molar-refractivity contribution < 1.29 is 23.8 Å². The van der Waals surface area contributed by atoms with E-state index in [1.807, 2.05) is 43.3 Å². The first kappa shape index (κ1) is 18.5. The minimum Gasteiger partial charge on any atom is -0.454 e. The zero-order chi connectivity index (χ0) is 19.2. The molecule has 1 atom stereocenters. The molecule has 1 heterocycles. The van der Waals surface area contributed by atoms with Crippen LogP contribution < -0.4 is 14.8 Å². The lowest BCUT2D eigenvalue weighted by atomic mass is 10.1. The Labute approximate surface area is 157 Å². The summed E-state index contributed by atoms with van der Waals surface area (Å²) in [5.41, 5.74) is 2.84.